The van der Waals surface area contributed by atoms with E-state index in [2.05, 4.69) is 6.92 Å². The zero-order chi connectivity index (χ0) is 18.6. The molecule has 5 fully saturated rings. The maximum Gasteiger partial charge on any atom is 0.310 e. The van der Waals surface area contributed by atoms with Crippen LogP contribution in [0.5, 0.6) is 0 Å². The maximum absolute atomic E-state index is 13.1. The first-order chi connectivity index (χ1) is 12.9. The van der Waals surface area contributed by atoms with Gasteiger partial charge in [0.1, 0.15) is 5.60 Å². The molecule has 6 nitrogen and oxygen atoms in total. The van der Waals surface area contributed by atoms with E-state index in [4.69, 9.17) is 18.6 Å². The van der Waals surface area contributed by atoms with Crippen molar-refractivity contribution in [3.05, 3.63) is 24.2 Å². The van der Waals surface area contributed by atoms with Gasteiger partial charge in [0.2, 0.25) is 0 Å². The molecule has 1 spiro atoms. The van der Waals surface area contributed by atoms with Gasteiger partial charge in [0.05, 0.1) is 43.2 Å². The lowest BCUT2D eigenvalue weighted by Crippen LogP contribution is -2.63. The third-order valence-corrected chi connectivity index (χ3v) is 8.36. The summed E-state index contributed by atoms with van der Waals surface area (Å²) >= 11 is 0. The Kier molecular flexibility index (Phi) is 2.86. The third kappa shape index (κ3) is 1.85. The summed E-state index contributed by atoms with van der Waals surface area (Å²) in [7, 11) is 0. The van der Waals surface area contributed by atoms with Gasteiger partial charge >= 0.3 is 11.9 Å². The second kappa shape index (κ2) is 4.77. The molecule has 0 aromatic carbocycles. The Morgan fingerprint density at radius 1 is 1.15 bits per heavy atom. The molecule has 0 amide bonds. The number of fused-ring (bicyclic) bond motifs is 4. The number of rotatable bonds is 1. The Hall–Kier alpha value is -1.82. The highest BCUT2D eigenvalue weighted by Crippen LogP contribution is 2.71. The number of epoxide rings is 1. The maximum atomic E-state index is 13.1. The summed E-state index contributed by atoms with van der Waals surface area (Å²) in [6.07, 6.45) is 6.59. The molecule has 0 N–H and O–H groups in total. The summed E-state index contributed by atoms with van der Waals surface area (Å²) in [5.41, 5.74) is -0.343. The Bertz CT molecular complexity index is 832. The van der Waals surface area contributed by atoms with E-state index in [0.29, 0.717) is 13.0 Å². The fourth-order valence-electron chi connectivity index (χ4n) is 7.27. The largest absolute Gasteiger partial charge is 0.472 e. The zero-order valence-electron chi connectivity index (χ0n) is 15.6. The van der Waals surface area contributed by atoms with E-state index < -0.39 is 5.60 Å². The Morgan fingerprint density at radius 2 is 2.00 bits per heavy atom. The normalized spacial score (nSPS) is 52.7. The van der Waals surface area contributed by atoms with Gasteiger partial charge in [0, 0.05) is 16.9 Å². The summed E-state index contributed by atoms with van der Waals surface area (Å²) in [6.45, 7) is 4.65. The molecule has 2 aliphatic carbocycles. The van der Waals surface area contributed by atoms with Crippen LogP contribution in [0, 0.1) is 28.6 Å². The molecular formula is C21H24O6. The Morgan fingerprint density at radius 3 is 2.78 bits per heavy atom. The van der Waals surface area contributed by atoms with Gasteiger partial charge in [-0.25, -0.2) is 0 Å². The van der Waals surface area contributed by atoms with E-state index in [1.807, 2.05) is 13.0 Å². The van der Waals surface area contributed by atoms with Crippen molar-refractivity contribution in [3.63, 3.8) is 0 Å². The Labute approximate surface area is 157 Å². The summed E-state index contributed by atoms with van der Waals surface area (Å²) < 4.78 is 22.9. The van der Waals surface area contributed by atoms with Crippen LogP contribution in [-0.4, -0.2) is 30.8 Å². The van der Waals surface area contributed by atoms with Gasteiger partial charge in [-0.05, 0) is 44.1 Å². The lowest BCUT2D eigenvalue weighted by atomic mass is 9.43. The first-order valence-corrected chi connectivity index (χ1v) is 9.95. The van der Waals surface area contributed by atoms with Crippen molar-refractivity contribution >= 4 is 11.9 Å². The number of cyclic esters (lactones) is 2. The van der Waals surface area contributed by atoms with E-state index in [0.717, 1.165) is 24.8 Å². The van der Waals surface area contributed by atoms with Crippen LogP contribution in [0.15, 0.2) is 23.0 Å². The number of ether oxygens (including phenoxy) is 3. The highest BCUT2D eigenvalue weighted by Gasteiger charge is 2.75. The van der Waals surface area contributed by atoms with Gasteiger partial charge in [-0.1, -0.05) is 6.92 Å². The molecule has 6 rings (SSSR count). The SMILES string of the molecule is C[C@]12C[C@](C)(c3ccoc3)OC(=O)[C@H]1CC[C@@]13COC(=O)[C@@H]1C[C@@H]1O[C@@H]1[C@@H]23. The molecule has 2 saturated carbocycles. The summed E-state index contributed by atoms with van der Waals surface area (Å²) in [5, 5.41) is 0. The van der Waals surface area contributed by atoms with Gasteiger partial charge in [-0.15, -0.1) is 0 Å². The van der Waals surface area contributed by atoms with E-state index >= 15 is 0 Å². The summed E-state index contributed by atoms with van der Waals surface area (Å²) in [4.78, 5) is 25.6. The number of esters is 2. The Balaban J connectivity index is 1.47. The molecule has 4 heterocycles. The molecule has 1 aromatic rings. The minimum atomic E-state index is -0.728. The van der Waals surface area contributed by atoms with Crippen molar-refractivity contribution in [1.82, 2.24) is 0 Å². The van der Waals surface area contributed by atoms with Crippen molar-refractivity contribution in [1.29, 1.82) is 0 Å². The van der Waals surface area contributed by atoms with Crippen molar-refractivity contribution in [2.75, 3.05) is 6.61 Å². The highest BCUT2D eigenvalue weighted by atomic mass is 16.6. The smallest absolute Gasteiger partial charge is 0.310 e. The topological polar surface area (TPSA) is 78.3 Å². The van der Waals surface area contributed by atoms with Crippen LogP contribution in [0.4, 0.5) is 0 Å². The molecule has 27 heavy (non-hydrogen) atoms. The molecule has 1 aromatic heterocycles. The number of carbonyl (C=O) groups is 2. The lowest BCUT2D eigenvalue weighted by Gasteiger charge is -2.60. The molecule has 6 heteroatoms. The molecule has 8 atom stereocenters. The minimum Gasteiger partial charge on any atom is -0.472 e. The van der Waals surface area contributed by atoms with Gasteiger partial charge < -0.3 is 18.6 Å². The van der Waals surface area contributed by atoms with Gasteiger partial charge in [-0.2, -0.15) is 0 Å². The van der Waals surface area contributed by atoms with Crippen LogP contribution in [-0.2, 0) is 29.4 Å². The first-order valence-electron chi connectivity index (χ1n) is 9.95. The minimum absolute atomic E-state index is 0.0769. The fraction of sp³-hybridized carbons (Fsp3) is 0.714. The first kappa shape index (κ1) is 16.2. The monoisotopic (exact) mass is 372 g/mol. The van der Waals surface area contributed by atoms with Crippen LogP contribution in [0.25, 0.3) is 0 Å². The van der Waals surface area contributed by atoms with Crippen LogP contribution in [0.2, 0.25) is 0 Å². The number of furan rings is 1. The van der Waals surface area contributed by atoms with Crippen molar-refractivity contribution in [2.24, 2.45) is 28.6 Å². The standard InChI is InChI=1S/C21H24O6/c1-19-9-20(2,11-4-6-24-8-11)27-18(23)12(19)3-5-21-10-25-17(22)13(21)7-14-15(26-14)16(19)21/h4,6,8,12-16H,3,5,7,9-10H2,1-2H3/t12-,13+,14+,15+,16+,19+,20-,21-/m1/s1. The molecule has 0 radical (unpaired) electrons. The molecule has 0 unspecified atom stereocenters. The molecular weight excluding hydrogens is 348 g/mol. The van der Waals surface area contributed by atoms with Crippen molar-refractivity contribution < 1.29 is 28.2 Å². The number of hydrogen-bond acceptors (Lipinski definition) is 6. The predicted octanol–water partition coefficient (Wildman–Crippen LogP) is 2.80. The molecule has 144 valence electrons. The van der Waals surface area contributed by atoms with Crippen molar-refractivity contribution in [2.45, 2.75) is 57.3 Å². The van der Waals surface area contributed by atoms with Crippen LogP contribution < -0.4 is 0 Å². The van der Waals surface area contributed by atoms with Crippen LogP contribution in [0.1, 0.15) is 45.1 Å². The van der Waals surface area contributed by atoms with Crippen LogP contribution >= 0.6 is 0 Å². The summed E-state index contributed by atoms with van der Waals surface area (Å²) in [6, 6.07) is 1.87. The number of hydrogen-bond donors (Lipinski definition) is 0. The van der Waals surface area contributed by atoms with E-state index in [1.54, 1.807) is 12.5 Å². The highest BCUT2D eigenvalue weighted by molar-refractivity contribution is 5.78. The van der Waals surface area contributed by atoms with Gasteiger partial charge in [0.15, 0.2) is 0 Å². The van der Waals surface area contributed by atoms with E-state index in [9.17, 15) is 9.59 Å². The summed E-state index contributed by atoms with van der Waals surface area (Å²) in [5.74, 6) is -0.327. The van der Waals surface area contributed by atoms with Gasteiger partial charge in [0.25, 0.3) is 0 Å². The average molecular weight is 372 g/mol. The van der Waals surface area contributed by atoms with Crippen molar-refractivity contribution in [3.8, 4) is 0 Å². The fourth-order valence-corrected chi connectivity index (χ4v) is 7.27. The molecule has 3 aliphatic heterocycles. The van der Waals surface area contributed by atoms with E-state index in [1.165, 1.54) is 0 Å². The van der Waals surface area contributed by atoms with Crippen LogP contribution in [0.3, 0.4) is 0 Å². The van der Waals surface area contributed by atoms with E-state index in [-0.39, 0.29) is 52.7 Å². The van der Waals surface area contributed by atoms with Gasteiger partial charge in [-0.3, -0.25) is 9.59 Å². The third-order valence-electron chi connectivity index (χ3n) is 8.36. The second-order valence-electron chi connectivity index (χ2n) is 9.68. The lowest BCUT2D eigenvalue weighted by molar-refractivity contribution is -0.217. The molecule has 5 aliphatic rings. The number of carbonyl (C=O) groups excluding carboxylic acids is 2. The zero-order valence-corrected chi connectivity index (χ0v) is 15.6. The molecule has 0 bridgehead atoms. The average Bonchev–Trinajstić information content (AvgIpc) is 3.01. The quantitative estimate of drug-likeness (QED) is 0.557. The molecule has 3 saturated heterocycles. The second-order valence-corrected chi connectivity index (χ2v) is 9.68. The predicted molar refractivity (Wildman–Crippen MR) is 91.3 cm³/mol.